The van der Waals surface area contributed by atoms with Crippen LogP contribution in [0, 0.1) is 17.6 Å². The Hall–Kier alpha value is -3.95. The minimum Gasteiger partial charge on any atom is -0.410 e. The molecule has 3 heterocycles. The molecule has 0 spiro atoms. The molecule has 1 aromatic carbocycles. The van der Waals surface area contributed by atoms with E-state index in [-0.39, 0.29) is 30.3 Å². The minimum absolute atomic E-state index is 0.0561. The van der Waals surface area contributed by atoms with E-state index in [1.54, 1.807) is 0 Å². The Morgan fingerprint density at radius 2 is 1.90 bits per heavy atom. The van der Waals surface area contributed by atoms with Crippen molar-refractivity contribution in [3.05, 3.63) is 42.0 Å². The van der Waals surface area contributed by atoms with Gasteiger partial charge in [0.25, 0.3) is 5.91 Å². The molecule has 13 nitrogen and oxygen atoms in total. The molecule has 2 aliphatic rings. The molecule has 0 unspecified atom stereocenters. The van der Waals surface area contributed by atoms with Crippen LogP contribution in [0.1, 0.15) is 31.5 Å². The number of halogens is 2. The predicted molar refractivity (Wildman–Crippen MR) is 139 cm³/mol. The van der Waals surface area contributed by atoms with Crippen molar-refractivity contribution in [3.63, 3.8) is 0 Å². The topological polar surface area (TPSA) is 178 Å². The first-order chi connectivity index (χ1) is 19.7. The van der Waals surface area contributed by atoms with Crippen LogP contribution in [0.2, 0.25) is 0 Å². The number of fused-ring (bicyclic) bond motifs is 1. The first kappa shape index (κ1) is 28.6. The number of imidazole rings is 1. The van der Waals surface area contributed by atoms with E-state index in [0.717, 1.165) is 25.0 Å². The lowest BCUT2D eigenvalue weighted by Crippen LogP contribution is -2.46. The van der Waals surface area contributed by atoms with Crippen molar-refractivity contribution < 1.29 is 38.1 Å². The average molecular weight is 576 g/mol. The zero-order valence-electron chi connectivity index (χ0n) is 22.1. The van der Waals surface area contributed by atoms with Crippen LogP contribution in [0.3, 0.4) is 0 Å². The van der Waals surface area contributed by atoms with Crippen LogP contribution in [0.5, 0.6) is 5.75 Å². The molecule has 2 atom stereocenters. The summed E-state index contributed by atoms with van der Waals surface area (Å²) in [5, 5.41) is 22.2. The fourth-order valence-corrected chi connectivity index (χ4v) is 4.61. The highest BCUT2D eigenvalue weighted by Crippen LogP contribution is 2.25. The molecular formula is C26H31F2N7O6. The SMILES string of the molecule is Nc1nc(CC2CCN(C(=O)Oc3ccc(F)c(F)c3)CC2)nc2c1ncn2CO[C@H](C(=O)NC1CC1)[C@H](O)CO. The van der Waals surface area contributed by atoms with E-state index in [0.29, 0.717) is 49.3 Å². The zero-order chi connectivity index (χ0) is 29.1. The summed E-state index contributed by atoms with van der Waals surface area (Å²) >= 11 is 0. The number of hydrogen-bond acceptors (Lipinski definition) is 10. The zero-order valence-corrected chi connectivity index (χ0v) is 22.1. The molecule has 1 aliphatic heterocycles. The van der Waals surface area contributed by atoms with Gasteiger partial charge in [0, 0.05) is 31.6 Å². The van der Waals surface area contributed by atoms with Crippen LogP contribution in [0.15, 0.2) is 24.5 Å². The largest absolute Gasteiger partial charge is 0.415 e. The van der Waals surface area contributed by atoms with Gasteiger partial charge in [0.15, 0.2) is 29.2 Å². The second kappa shape index (κ2) is 12.3. The van der Waals surface area contributed by atoms with Gasteiger partial charge in [0.1, 0.15) is 29.9 Å². The third kappa shape index (κ3) is 6.86. The number of nitrogens with zero attached hydrogens (tertiary/aromatic N) is 5. The molecule has 2 fully saturated rings. The molecule has 1 saturated carbocycles. The van der Waals surface area contributed by atoms with Gasteiger partial charge in [-0.05, 0) is 43.7 Å². The quantitative estimate of drug-likeness (QED) is 0.274. The molecule has 41 heavy (non-hydrogen) atoms. The molecule has 5 rings (SSSR count). The Balaban J connectivity index is 1.19. The van der Waals surface area contributed by atoms with Crippen molar-refractivity contribution >= 4 is 29.0 Å². The van der Waals surface area contributed by atoms with E-state index in [9.17, 15) is 28.6 Å². The second-order valence-electron chi connectivity index (χ2n) is 10.2. The molecule has 2 aromatic heterocycles. The summed E-state index contributed by atoms with van der Waals surface area (Å²) in [7, 11) is 0. The van der Waals surface area contributed by atoms with E-state index < -0.39 is 42.4 Å². The number of carbonyl (C=O) groups excluding carboxylic acids is 2. The number of piperidine rings is 1. The molecule has 1 saturated heterocycles. The molecule has 220 valence electrons. The number of nitrogens with one attached hydrogen (secondary N) is 1. The average Bonchev–Trinajstić information content (AvgIpc) is 3.67. The molecular weight excluding hydrogens is 544 g/mol. The Morgan fingerprint density at radius 3 is 2.59 bits per heavy atom. The normalized spacial score (nSPS) is 17.4. The van der Waals surface area contributed by atoms with Gasteiger partial charge in [-0.3, -0.25) is 9.36 Å². The molecule has 0 bridgehead atoms. The van der Waals surface area contributed by atoms with Gasteiger partial charge in [-0.2, -0.15) is 0 Å². The van der Waals surface area contributed by atoms with Gasteiger partial charge in [0.2, 0.25) is 0 Å². The number of nitrogens with two attached hydrogens (primary N) is 1. The van der Waals surface area contributed by atoms with E-state index in [1.165, 1.54) is 21.9 Å². The number of nitrogen functional groups attached to an aromatic ring is 1. The van der Waals surface area contributed by atoms with E-state index in [2.05, 4.69) is 20.3 Å². The van der Waals surface area contributed by atoms with Crippen LogP contribution in [-0.4, -0.2) is 84.6 Å². The Kier molecular flexibility index (Phi) is 8.56. The summed E-state index contributed by atoms with van der Waals surface area (Å²) < 4.78 is 38.9. The number of amides is 2. The lowest BCUT2D eigenvalue weighted by atomic mass is 9.93. The maximum atomic E-state index is 13.4. The first-order valence-electron chi connectivity index (χ1n) is 13.3. The number of carbonyl (C=O) groups is 2. The van der Waals surface area contributed by atoms with Crippen LogP contribution < -0.4 is 15.8 Å². The van der Waals surface area contributed by atoms with Crippen LogP contribution >= 0.6 is 0 Å². The summed E-state index contributed by atoms with van der Waals surface area (Å²) in [5.41, 5.74) is 6.89. The fourth-order valence-electron chi connectivity index (χ4n) is 4.61. The van der Waals surface area contributed by atoms with Crippen LogP contribution in [0.25, 0.3) is 11.2 Å². The van der Waals surface area contributed by atoms with Gasteiger partial charge in [-0.15, -0.1) is 0 Å². The Bertz CT molecular complexity index is 1410. The van der Waals surface area contributed by atoms with Crippen molar-refractivity contribution in [3.8, 4) is 5.75 Å². The van der Waals surface area contributed by atoms with Crippen molar-refractivity contribution in [1.82, 2.24) is 29.7 Å². The summed E-state index contributed by atoms with van der Waals surface area (Å²) in [6.07, 6.45) is 1.58. The van der Waals surface area contributed by atoms with Crippen molar-refractivity contribution in [2.75, 3.05) is 25.4 Å². The highest BCUT2D eigenvalue weighted by atomic mass is 19.2. The molecule has 1 aliphatic carbocycles. The van der Waals surface area contributed by atoms with Gasteiger partial charge in [-0.25, -0.2) is 28.5 Å². The molecule has 0 radical (unpaired) electrons. The Labute approximate surface area is 233 Å². The number of anilines is 1. The highest BCUT2D eigenvalue weighted by Gasteiger charge is 2.32. The minimum atomic E-state index is -1.40. The standard InChI is InChI=1S/C26H31F2N7O6/c27-17-4-3-16(10-18(17)28)41-26(39)34-7-5-14(6-8-34)9-20-32-23(29)21-24(33-20)35(12-30-21)13-40-22(19(37)11-36)25(38)31-15-1-2-15/h3-4,10,12,14-15,19,22,36-37H,1-2,5-9,11,13H2,(H,31,38)(H2,29,32,33)/t19-,22+/m1/s1. The maximum Gasteiger partial charge on any atom is 0.415 e. The number of hydrogen-bond donors (Lipinski definition) is 4. The number of aliphatic hydroxyl groups excluding tert-OH is 2. The summed E-state index contributed by atoms with van der Waals surface area (Å²) in [5.74, 6) is -1.92. The van der Waals surface area contributed by atoms with E-state index in [1.807, 2.05) is 0 Å². The van der Waals surface area contributed by atoms with Gasteiger partial charge in [0.05, 0.1) is 12.9 Å². The first-order valence-corrected chi connectivity index (χ1v) is 13.3. The summed E-state index contributed by atoms with van der Waals surface area (Å²) in [6.45, 7) is -0.0268. The summed E-state index contributed by atoms with van der Waals surface area (Å²) in [4.78, 5) is 39.7. The van der Waals surface area contributed by atoms with Crippen molar-refractivity contribution in [2.24, 2.45) is 5.92 Å². The smallest absolute Gasteiger partial charge is 0.410 e. The Morgan fingerprint density at radius 1 is 1.15 bits per heavy atom. The molecule has 2 amide bonds. The third-order valence-electron chi connectivity index (χ3n) is 7.09. The monoisotopic (exact) mass is 575 g/mol. The number of benzene rings is 1. The molecule has 5 N–H and O–H groups in total. The summed E-state index contributed by atoms with van der Waals surface area (Å²) in [6, 6.07) is 2.97. The second-order valence-corrected chi connectivity index (χ2v) is 10.2. The molecule has 15 heteroatoms. The third-order valence-corrected chi connectivity index (χ3v) is 7.09. The number of likely N-dealkylation sites (tertiary alicyclic amines) is 1. The number of aliphatic hydroxyl groups is 2. The van der Waals surface area contributed by atoms with E-state index in [4.69, 9.17) is 15.2 Å². The highest BCUT2D eigenvalue weighted by molar-refractivity contribution is 5.82. The maximum absolute atomic E-state index is 13.4. The lowest BCUT2D eigenvalue weighted by molar-refractivity contribution is -0.147. The molecule has 3 aromatic rings. The van der Waals surface area contributed by atoms with E-state index >= 15 is 0 Å². The van der Waals surface area contributed by atoms with Gasteiger partial charge in [-0.1, -0.05) is 0 Å². The number of ether oxygens (including phenoxy) is 2. The fraction of sp³-hybridized carbons (Fsp3) is 0.500. The van der Waals surface area contributed by atoms with Crippen molar-refractivity contribution in [2.45, 2.75) is 57.1 Å². The predicted octanol–water partition coefficient (Wildman–Crippen LogP) is 1.11. The number of rotatable bonds is 10. The van der Waals surface area contributed by atoms with Crippen molar-refractivity contribution in [1.29, 1.82) is 0 Å². The van der Waals surface area contributed by atoms with Crippen LogP contribution in [-0.2, 0) is 22.7 Å². The van der Waals surface area contributed by atoms with Gasteiger partial charge >= 0.3 is 6.09 Å². The lowest BCUT2D eigenvalue weighted by Gasteiger charge is -2.31. The number of aromatic nitrogens is 4. The van der Waals surface area contributed by atoms with Crippen LogP contribution in [0.4, 0.5) is 19.4 Å². The van der Waals surface area contributed by atoms with Gasteiger partial charge < -0.3 is 35.6 Å².